The smallest absolute Gasteiger partial charge is 0.305 e. The molecule has 0 aromatic carbocycles. The van der Waals surface area contributed by atoms with Crippen LogP contribution in [-0.4, -0.2) is 34.9 Å². The van der Waals surface area contributed by atoms with Gasteiger partial charge in [0.05, 0.1) is 12.2 Å². The van der Waals surface area contributed by atoms with Crippen LogP contribution >= 0.6 is 0 Å². The molecule has 1 rings (SSSR count). The van der Waals surface area contributed by atoms with Crippen LogP contribution in [0.5, 0.6) is 0 Å². The molecule has 0 amide bonds. The highest BCUT2D eigenvalue weighted by Crippen LogP contribution is 2.24. The predicted octanol–water partition coefficient (Wildman–Crippen LogP) is 2.28. The Bertz CT molecular complexity index is 511. The summed E-state index contributed by atoms with van der Waals surface area (Å²) in [7, 11) is 0. The second kappa shape index (κ2) is 8.03. The van der Waals surface area contributed by atoms with Crippen LogP contribution in [0.2, 0.25) is 0 Å². The Morgan fingerprint density at radius 3 is 2.55 bits per heavy atom. The van der Waals surface area contributed by atoms with Gasteiger partial charge in [-0.3, -0.25) is 14.4 Å². The van der Waals surface area contributed by atoms with Crippen molar-refractivity contribution in [2.45, 2.75) is 58.5 Å². The van der Waals surface area contributed by atoms with Crippen molar-refractivity contribution in [1.82, 2.24) is 0 Å². The van der Waals surface area contributed by atoms with Crippen molar-refractivity contribution in [3.05, 3.63) is 23.3 Å². The van der Waals surface area contributed by atoms with Gasteiger partial charge < -0.3 is 9.84 Å². The molecule has 1 aliphatic rings. The van der Waals surface area contributed by atoms with Crippen molar-refractivity contribution in [3.8, 4) is 0 Å². The van der Waals surface area contributed by atoms with Gasteiger partial charge in [-0.25, -0.2) is 0 Å². The number of esters is 1. The van der Waals surface area contributed by atoms with E-state index in [9.17, 15) is 19.5 Å². The molecule has 0 saturated carbocycles. The SMILES string of the molecule is CCOC(=O)CCCC(C)(O)CCC1=CC(=O)C(C)=CC1=O. The van der Waals surface area contributed by atoms with Crippen molar-refractivity contribution in [1.29, 1.82) is 0 Å². The molecule has 0 saturated heterocycles. The first-order valence-corrected chi connectivity index (χ1v) is 7.60. The number of carbonyl (C=O) groups is 3. The third-order valence-electron chi connectivity index (χ3n) is 3.69. The third-order valence-corrected chi connectivity index (χ3v) is 3.69. The Kier molecular flexibility index (Phi) is 6.68. The number of allylic oxidation sites excluding steroid dienone is 4. The molecule has 5 nitrogen and oxygen atoms in total. The van der Waals surface area contributed by atoms with Gasteiger partial charge in [-0.15, -0.1) is 0 Å². The molecule has 1 aliphatic carbocycles. The van der Waals surface area contributed by atoms with Crippen LogP contribution in [0.3, 0.4) is 0 Å². The van der Waals surface area contributed by atoms with E-state index in [0.717, 1.165) is 0 Å². The molecule has 0 radical (unpaired) electrons. The minimum absolute atomic E-state index is 0.156. The molecule has 0 aliphatic heterocycles. The molecule has 0 aromatic rings. The molecule has 1 N–H and O–H groups in total. The monoisotopic (exact) mass is 308 g/mol. The van der Waals surface area contributed by atoms with Gasteiger partial charge in [0.2, 0.25) is 0 Å². The zero-order chi connectivity index (χ0) is 16.8. The summed E-state index contributed by atoms with van der Waals surface area (Å²) in [6.07, 6.45) is 4.65. The fraction of sp³-hybridized carbons (Fsp3) is 0.588. The minimum atomic E-state index is -0.979. The molecule has 0 heterocycles. The summed E-state index contributed by atoms with van der Waals surface area (Å²) >= 11 is 0. The van der Waals surface area contributed by atoms with Crippen LogP contribution in [0.25, 0.3) is 0 Å². The Labute approximate surface area is 131 Å². The van der Waals surface area contributed by atoms with E-state index >= 15 is 0 Å². The number of hydrogen-bond acceptors (Lipinski definition) is 5. The maximum absolute atomic E-state index is 11.8. The highest BCUT2D eigenvalue weighted by atomic mass is 16.5. The lowest BCUT2D eigenvalue weighted by molar-refractivity contribution is -0.143. The first-order chi connectivity index (χ1) is 10.2. The van der Waals surface area contributed by atoms with Crippen molar-refractivity contribution in [2.24, 2.45) is 0 Å². The topological polar surface area (TPSA) is 80.7 Å². The molecule has 0 bridgehead atoms. The number of aliphatic hydroxyl groups is 1. The lowest BCUT2D eigenvalue weighted by Gasteiger charge is -2.23. The minimum Gasteiger partial charge on any atom is -0.466 e. The fourth-order valence-corrected chi connectivity index (χ4v) is 2.27. The van der Waals surface area contributed by atoms with Crippen LogP contribution in [0.1, 0.15) is 52.9 Å². The Morgan fingerprint density at radius 2 is 1.91 bits per heavy atom. The maximum Gasteiger partial charge on any atom is 0.305 e. The first kappa shape index (κ1) is 18.3. The van der Waals surface area contributed by atoms with E-state index in [1.54, 1.807) is 20.8 Å². The lowest BCUT2D eigenvalue weighted by Crippen LogP contribution is -2.25. The summed E-state index contributed by atoms with van der Waals surface area (Å²) in [4.78, 5) is 34.6. The average Bonchev–Trinajstić information content (AvgIpc) is 2.41. The first-order valence-electron chi connectivity index (χ1n) is 7.60. The highest BCUT2D eigenvalue weighted by Gasteiger charge is 2.24. The van der Waals surface area contributed by atoms with Gasteiger partial charge in [-0.2, -0.15) is 0 Å². The Hall–Kier alpha value is -1.75. The summed E-state index contributed by atoms with van der Waals surface area (Å²) in [6, 6.07) is 0. The summed E-state index contributed by atoms with van der Waals surface area (Å²) < 4.78 is 4.83. The number of hydrogen-bond donors (Lipinski definition) is 1. The highest BCUT2D eigenvalue weighted by molar-refractivity contribution is 6.19. The van der Waals surface area contributed by atoms with Gasteiger partial charge in [-0.05, 0) is 58.6 Å². The van der Waals surface area contributed by atoms with E-state index < -0.39 is 5.60 Å². The van der Waals surface area contributed by atoms with Gasteiger partial charge in [-0.1, -0.05) is 0 Å². The zero-order valence-corrected chi connectivity index (χ0v) is 13.5. The second-order valence-electron chi connectivity index (χ2n) is 5.88. The summed E-state index contributed by atoms with van der Waals surface area (Å²) in [5.41, 5.74) is -0.108. The number of rotatable bonds is 8. The molecular weight excluding hydrogens is 284 g/mol. The number of carbonyl (C=O) groups excluding carboxylic acids is 3. The van der Waals surface area contributed by atoms with Crippen LogP contribution in [0.15, 0.2) is 23.3 Å². The molecule has 0 fully saturated rings. The van der Waals surface area contributed by atoms with Crippen molar-refractivity contribution >= 4 is 17.5 Å². The van der Waals surface area contributed by atoms with Crippen molar-refractivity contribution in [2.75, 3.05) is 6.61 Å². The number of ether oxygens (including phenoxy) is 1. The molecule has 1 atom stereocenters. The Morgan fingerprint density at radius 1 is 1.23 bits per heavy atom. The van der Waals surface area contributed by atoms with Crippen molar-refractivity contribution in [3.63, 3.8) is 0 Å². The van der Waals surface area contributed by atoms with Gasteiger partial charge >= 0.3 is 5.97 Å². The van der Waals surface area contributed by atoms with Crippen molar-refractivity contribution < 1.29 is 24.2 Å². The maximum atomic E-state index is 11.8. The van der Waals surface area contributed by atoms with Crippen LogP contribution in [-0.2, 0) is 19.1 Å². The van der Waals surface area contributed by atoms with Gasteiger partial charge in [0, 0.05) is 17.6 Å². The van der Waals surface area contributed by atoms with Gasteiger partial charge in [0.25, 0.3) is 0 Å². The standard InChI is InChI=1S/C17H24O5/c1-4-22-16(20)6-5-8-17(3,21)9-7-13-11-14(18)12(2)10-15(13)19/h10-11,21H,4-9H2,1-3H3. The fourth-order valence-electron chi connectivity index (χ4n) is 2.27. The van der Waals surface area contributed by atoms with Crippen LogP contribution < -0.4 is 0 Å². The second-order valence-corrected chi connectivity index (χ2v) is 5.88. The van der Waals surface area contributed by atoms with E-state index in [2.05, 4.69) is 0 Å². The van der Waals surface area contributed by atoms with Crippen LogP contribution in [0.4, 0.5) is 0 Å². The molecule has 22 heavy (non-hydrogen) atoms. The van der Waals surface area contributed by atoms with Gasteiger partial charge in [0.15, 0.2) is 11.6 Å². The third kappa shape index (κ3) is 5.93. The largest absolute Gasteiger partial charge is 0.466 e. The summed E-state index contributed by atoms with van der Waals surface area (Å²) in [5.74, 6) is -0.592. The molecule has 0 spiro atoms. The summed E-state index contributed by atoms with van der Waals surface area (Å²) in [6.45, 7) is 5.39. The van der Waals surface area contributed by atoms with Gasteiger partial charge in [0.1, 0.15) is 0 Å². The van der Waals surface area contributed by atoms with E-state index in [4.69, 9.17) is 4.74 Å². The average molecular weight is 308 g/mol. The van der Waals surface area contributed by atoms with E-state index in [-0.39, 0.29) is 24.0 Å². The lowest BCUT2D eigenvalue weighted by atomic mass is 9.88. The molecule has 1 unspecified atom stereocenters. The summed E-state index contributed by atoms with van der Waals surface area (Å²) in [5, 5.41) is 10.3. The molecule has 5 heteroatoms. The van der Waals surface area contributed by atoms with Crippen LogP contribution in [0, 0.1) is 0 Å². The molecule has 0 aromatic heterocycles. The molecular formula is C17H24O5. The van der Waals surface area contributed by atoms with E-state index in [1.807, 2.05) is 0 Å². The van der Waals surface area contributed by atoms with E-state index in [1.165, 1.54) is 12.2 Å². The zero-order valence-electron chi connectivity index (χ0n) is 13.5. The predicted molar refractivity (Wildman–Crippen MR) is 82.2 cm³/mol. The Balaban J connectivity index is 2.42. The number of ketones is 2. The van der Waals surface area contributed by atoms with E-state index in [0.29, 0.717) is 43.4 Å². The normalized spacial score (nSPS) is 17.6. The quantitative estimate of drug-likeness (QED) is 0.549. The molecule has 122 valence electrons.